The molecule has 1 aliphatic carbocycles. The molecule has 0 aliphatic heterocycles. The lowest BCUT2D eigenvalue weighted by Gasteiger charge is -2.16. The maximum absolute atomic E-state index is 12.1. The highest BCUT2D eigenvalue weighted by Gasteiger charge is 2.25. The molecule has 0 unspecified atom stereocenters. The average molecular weight is 312 g/mol. The van der Waals surface area contributed by atoms with Gasteiger partial charge in [-0.2, -0.15) is 0 Å². The lowest BCUT2D eigenvalue weighted by atomic mass is 10.2. The van der Waals surface area contributed by atoms with Crippen molar-refractivity contribution in [2.45, 2.75) is 18.9 Å². The first-order valence-corrected chi connectivity index (χ1v) is 6.75. The molecule has 8 heteroatoms. The molecule has 2 amide bonds. The number of hydrogen-bond acceptors (Lipinski definition) is 4. The first-order valence-electron chi connectivity index (χ1n) is 6.37. The highest BCUT2D eigenvalue weighted by molar-refractivity contribution is 6.32. The lowest BCUT2D eigenvalue weighted by molar-refractivity contribution is -0.384. The average Bonchev–Trinajstić information content (AvgIpc) is 3.21. The zero-order valence-corrected chi connectivity index (χ0v) is 12.1. The van der Waals surface area contributed by atoms with Crippen molar-refractivity contribution in [2.75, 3.05) is 13.6 Å². The molecular weight excluding hydrogens is 298 g/mol. The Hall–Kier alpha value is -2.15. The van der Waals surface area contributed by atoms with Crippen LogP contribution in [0.2, 0.25) is 5.02 Å². The monoisotopic (exact) mass is 311 g/mol. The standard InChI is InChI=1S/C13H14ClN3O4/c1-16(7-12(18)15-9-3-4-9)13(19)8-2-5-10(14)11(6-8)17(20)21/h2,5-6,9H,3-4,7H2,1H3,(H,15,18). The van der Waals surface area contributed by atoms with Gasteiger partial charge >= 0.3 is 0 Å². The fraction of sp³-hybridized carbons (Fsp3) is 0.385. The molecule has 1 aromatic carbocycles. The van der Waals surface area contributed by atoms with Crippen LogP contribution < -0.4 is 5.32 Å². The molecule has 1 N–H and O–H groups in total. The second kappa shape index (κ2) is 6.09. The van der Waals surface area contributed by atoms with Crippen LogP contribution in [0.4, 0.5) is 5.69 Å². The van der Waals surface area contributed by atoms with Crippen molar-refractivity contribution >= 4 is 29.1 Å². The van der Waals surface area contributed by atoms with Crippen LogP contribution in [0.15, 0.2) is 18.2 Å². The van der Waals surface area contributed by atoms with Crippen LogP contribution in [0.1, 0.15) is 23.2 Å². The van der Waals surface area contributed by atoms with Crippen molar-refractivity contribution in [3.63, 3.8) is 0 Å². The predicted octanol–water partition coefficient (Wildman–Crippen LogP) is 1.60. The van der Waals surface area contributed by atoms with Gasteiger partial charge in [-0.1, -0.05) is 11.6 Å². The quantitative estimate of drug-likeness (QED) is 0.660. The molecule has 1 aliphatic rings. The molecule has 1 saturated carbocycles. The van der Waals surface area contributed by atoms with Crippen LogP contribution in [0.3, 0.4) is 0 Å². The van der Waals surface area contributed by atoms with Gasteiger partial charge in [0, 0.05) is 24.7 Å². The molecule has 2 rings (SSSR count). The largest absolute Gasteiger partial charge is 0.352 e. The van der Waals surface area contributed by atoms with Gasteiger partial charge in [-0.3, -0.25) is 19.7 Å². The summed E-state index contributed by atoms with van der Waals surface area (Å²) in [6, 6.07) is 4.02. The molecule has 112 valence electrons. The van der Waals surface area contributed by atoms with Gasteiger partial charge < -0.3 is 10.2 Å². The summed E-state index contributed by atoms with van der Waals surface area (Å²) in [6.45, 7) is -0.0915. The van der Waals surface area contributed by atoms with Gasteiger partial charge in [0.1, 0.15) is 5.02 Å². The third-order valence-electron chi connectivity index (χ3n) is 3.06. The van der Waals surface area contributed by atoms with Crippen molar-refractivity contribution in [2.24, 2.45) is 0 Å². The van der Waals surface area contributed by atoms with Gasteiger partial charge in [-0.05, 0) is 25.0 Å². The molecule has 0 heterocycles. The normalized spacial score (nSPS) is 13.6. The van der Waals surface area contributed by atoms with E-state index in [1.54, 1.807) is 0 Å². The Balaban J connectivity index is 2.05. The Morgan fingerprint density at radius 2 is 2.14 bits per heavy atom. The van der Waals surface area contributed by atoms with Crippen LogP contribution in [0.5, 0.6) is 0 Å². The molecule has 0 atom stereocenters. The van der Waals surface area contributed by atoms with Crippen LogP contribution >= 0.6 is 11.6 Å². The summed E-state index contributed by atoms with van der Waals surface area (Å²) in [5, 5.41) is 13.5. The molecule has 0 saturated heterocycles. The summed E-state index contributed by atoms with van der Waals surface area (Å²) in [4.78, 5) is 35.1. The molecule has 21 heavy (non-hydrogen) atoms. The topological polar surface area (TPSA) is 92.6 Å². The first kappa shape index (κ1) is 15.2. The minimum absolute atomic E-state index is 0.0364. The molecular formula is C13H14ClN3O4. The summed E-state index contributed by atoms with van der Waals surface area (Å²) in [5.74, 6) is -0.711. The van der Waals surface area contributed by atoms with Crippen LogP contribution in [0, 0.1) is 10.1 Å². The Morgan fingerprint density at radius 3 is 2.71 bits per heavy atom. The molecule has 0 aromatic heterocycles. The minimum atomic E-state index is -0.654. The van der Waals surface area contributed by atoms with Crippen molar-refractivity contribution in [1.29, 1.82) is 0 Å². The molecule has 1 fully saturated rings. The van der Waals surface area contributed by atoms with E-state index in [1.165, 1.54) is 24.1 Å². The lowest BCUT2D eigenvalue weighted by Crippen LogP contribution is -2.39. The fourth-order valence-electron chi connectivity index (χ4n) is 1.79. The number of rotatable bonds is 5. The summed E-state index contributed by atoms with van der Waals surface area (Å²) in [5.41, 5.74) is -0.217. The van der Waals surface area contributed by atoms with Gasteiger partial charge in [0.05, 0.1) is 11.5 Å². The minimum Gasteiger partial charge on any atom is -0.352 e. The Kier molecular flexibility index (Phi) is 4.42. The number of likely N-dealkylation sites (N-methyl/N-ethyl adjacent to an activating group) is 1. The zero-order valence-electron chi connectivity index (χ0n) is 11.3. The molecule has 0 radical (unpaired) electrons. The van der Waals surface area contributed by atoms with Crippen molar-refractivity contribution in [3.05, 3.63) is 38.9 Å². The first-order chi connectivity index (χ1) is 9.88. The van der Waals surface area contributed by atoms with E-state index in [-0.39, 0.29) is 34.8 Å². The van der Waals surface area contributed by atoms with E-state index in [4.69, 9.17) is 11.6 Å². The second-order valence-electron chi connectivity index (χ2n) is 4.93. The Morgan fingerprint density at radius 1 is 1.48 bits per heavy atom. The van der Waals surface area contributed by atoms with E-state index in [2.05, 4.69) is 5.32 Å². The number of nitro benzene ring substituents is 1. The van der Waals surface area contributed by atoms with E-state index < -0.39 is 10.8 Å². The third-order valence-corrected chi connectivity index (χ3v) is 3.38. The SMILES string of the molecule is CN(CC(=O)NC1CC1)C(=O)c1ccc(Cl)c([N+](=O)[O-])c1. The zero-order chi connectivity index (χ0) is 15.6. The molecule has 7 nitrogen and oxygen atoms in total. The maximum atomic E-state index is 12.1. The highest BCUT2D eigenvalue weighted by Crippen LogP contribution is 2.25. The van der Waals surface area contributed by atoms with E-state index >= 15 is 0 Å². The van der Waals surface area contributed by atoms with Gasteiger partial charge in [-0.25, -0.2) is 0 Å². The summed E-state index contributed by atoms with van der Waals surface area (Å²) < 4.78 is 0. The number of hydrogen-bond donors (Lipinski definition) is 1. The Labute approximate surface area is 126 Å². The van der Waals surface area contributed by atoms with E-state index in [9.17, 15) is 19.7 Å². The third kappa shape index (κ3) is 3.91. The van der Waals surface area contributed by atoms with Crippen molar-refractivity contribution in [1.82, 2.24) is 10.2 Å². The van der Waals surface area contributed by atoms with Crippen molar-refractivity contribution < 1.29 is 14.5 Å². The number of carbonyl (C=O) groups is 2. The number of nitrogens with one attached hydrogen (secondary N) is 1. The second-order valence-corrected chi connectivity index (χ2v) is 5.33. The number of halogens is 1. The number of carbonyl (C=O) groups excluding carboxylic acids is 2. The summed E-state index contributed by atoms with van der Waals surface area (Å²) in [6.07, 6.45) is 1.93. The predicted molar refractivity (Wildman–Crippen MR) is 76.2 cm³/mol. The molecule has 1 aromatic rings. The molecule has 0 spiro atoms. The summed E-state index contributed by atoms with van der Waals surface area (Å²) in [7, 11) is 1.47. The number of benzene rings is 1. The Bertz CT molecular complexity index is 601. The number of nitro groups is 1. The summed E-state index contributed by atoms with van der Waals surface area (Å²) >= 11 is 5.69. The van der Waals surface area contributed by atoms with Gasteiger partial charge in [0.2, 0.25) is 5.91 Å². The van der Waals surface area contributed by atoms with E-state index in [0.29, 0.717) is 0 Å². The molecule has 0 bridgehead atoms. The smallest absolute Gasteiger partial charge is 0.288 e. The fourth-order valence-corrected chi connectivity index (χ4v) is 1.98. The number of amides is 2. The van der Waals surface area contributed by atoms with Gasteiger partial charge in [0.15, 0.2) is 0 Å². The highest BCUT2D eigenvalue weighted by atomic mass is 35.5. The number of nitrogens with zero attached hydrogens (tertiary/aromatic N) is 2. The maximum Gasteiger partial charge on any atom is 0.288 e. The van der Waals surface area contributed by atoms with E-state index in [1.807, 2.05) is 0 Å². The van der Waals surface area contributed by atoms with Crippen LogP contribution in [-0.4, -0.2) is 41.3 Å². The van der Waals surface area contributed by atoms with Gasteiger partial charge in [0.25, 0.3) is 11.6 Å². The van der Waals surface area contributed by atoms with Crippen LogP contribution in [-0.2, 0) is 4.79 Å². The van der Waals surface area contributed by atoms with Crippen LogP contribution in [0.25, 0.3) is 0 Å². The van der Waals surface area contributed by atoms with E-state index in [0.717, 1.165) is 18.9 Å². The van der Waals surface area contributed by atoms with Crippen molar-refractivity contribution in [3.8, 4) is 0 Å². The van der Waals surface area contributed by atoms with Gasteiger partial charge in [-0.15, -0.1) is 0 Å².